The number of urea groups is 1. The van der Waals surface area contributed by atoms with E-state index in [0.717, 1.165) is 0 Å². The van der Waals surface area contributed by atoms with Crippen LogP contribution in [0.15, 0.2) is 12.7 Å². The molecule has 0 saturated heterocycles. The number of amides is 2. The van der Waals surface area contributed by atoms with Crippen LogP contribution in [0.1, 0.15) is 13.3 Å². The third kappa shape index (κ3) is 7.64. The molecular weight excluding hydrogens is 240 g/mol. The zero-order valence-corrected chi connectivity index (χ0v) is 10.4. The smallest absolute Gasteiger partial charge is 0.326 e. The normalized spacial score (nSPS) is 13.4. The van der Waals surface area contributed by atoms with Crippen molar-refractivity contribution >= 4 is 12.0 Å². The van der Waals surface area contributed by atoms with Gasteiger partial charge in [0.05, 0.1) is 12.7 Å². The summed E-state index contributed by atoms with van der Waals surface area (Å²) in [5.41, 5.74) is 0. The Kier molecular flexibility index (Phi) is 8.59. The minimum Gasteiger partial charge on any atom is -0.480 e. The summed E-state index contributed by atoms with van der Waals surface area (Å²) in [5.74, 6) is -1.19. The van der Waals surface area contributed by atoms with Crippen molar-refractivity contribution in [2.45, 2.75) is 25.5 Å². The predicted molar refractivity (Wildman–Crippen MR) is 65.3 cm³/mol. The van der Waals surface area contributed by atoms with E-state index >= 15 is 0 Å². The van der Waals surface area contributed by atoms with Crippen molar-refractivity contribution in [1.29, 1.82) is 0 Å². The molecule has 0 saturated carbocycles. The second-order valence-electron chi connectivity index (χ2n) is 3.69. The number of aliphatic hydroxyl groups excluding tert-OH is 1. The van der Waals surface area contributed by atoms with Crippen LogP contribution >= 0.6 is 0 Å². The first-order chi connectivity index (χ1) is 8.51. The van der Waals surface area contributed by atoms with Crippen LogP contribution in [0.5, 0.6) is 0 Å². The van der Waals surface area contributed by atoms with Gasteiger partial charge in [-0.2, -0.15) is 0 Å². The van der Waals surface area contributed by atoms with Gasteiger partial charge in [-0.05, 0) is 6.92 Å². The van der Waals surface area contributed by atoms with E-state index in [1.165, 1.54) is 0 Å². The minimum atomic E-state index is -1.19. The summed E-state index contributed by atoms with van der Waals surface area (Å²) in [7, 11) is 0. The number of nitrogens with one attached hydrogen (secondary N) is 2. The largest absolute Gasteiger partial charge is 0.480 e. The Morgan fingerprint density at radius 2 is 2.17 bits per heavy atom. The predicted octanol–water partition coefficient (Wildman–Crippen LogP) is -0.288. The molecule has 0 fully saturated rings. The molecular formula is C11H20N2O5. The van der Waals surface area contributed by atoms with Crippen LogP contribution in [0.4, 0.5) is 4.79 Å². The number of hydrogen-bond acceptors (Lipinski definition) is 4. The molecule has 0 aliphatic heterocycles. The molecule has 0 aromatic heterocycles. The maximum Gasteiger partial charge on any atom is 0.326 e. The summed E-state index contributed by atoms with van der Waals surface area (Å²) in [6.07, 6.45) is 1.36. The maximum absolute atomic E-state index is 11.4. The Morgan fingerprint density at radius 3 is 2.67 bits per heavy atom. The first-order valence-electron chi connectivity index (χ1n) is 5.61. The summed E-state index contributed by atoms with van der Waals surface area (Å²) in [4.78, 5) is 22.1. The molecule has 0 heterocycles. The Hall–Kier alpha value is -1.60. The first kappa shape index (κ1) is 16.4. The third-order valence-electron chi connectivity index (χ3n) is 2.07. The van der Waals surface area contributed by atoms with Crippen molar-refractivity contribution in [3.63, 3.8) is 0 Å². The van der Waals surface area contributed by atoms with Crippen LogP contribution < -0.4 is 10.6 Å². The van der Waals surface area contributed by atoms with Gasteiger partial charge in [0.1, 0.15) is 6.04 Å². The maximum atomic E-state index is 11.4. The average molecular weight is 260 g/mol. The van der Waals surface area contributed by atoms with Crippen molar-refractivity contribution in [3.8, 4) is 0 Å². The van der Waals surface area contributed by atoms with Gasteiger partial charge in [-0.1, -0.05) is 6.08 Å². The fourth-order valence-corrected chi connectivity index (χ4v) is 1.12. The minimum absolute atomic E-state index is 0.0364. The van der Waals surface area contributed by atoms with Gasteiger partial charge in [0.2, 0.25) is 0 Å². The van der Waals surface area contributed by atoms with Gasteiger partial charge in [0, 0.05) is 19.6 Å². The molecule has 7 heteroatoms. The molecule has 0 spiro atoms. The zero-order valence-electron chi connectivity index (χ0n) is 10.4. The van der Waals surface area contributed by atoms with Gasteiger partial charge in [0.15, 0.2) is 0 Å². The Labute approximate surface area is 106 Å². The molecule has 1 unspecified atom stereocenters. The average Bonchev–Trinajstić information content (AvgIpc) is 2.33. The standard InChI is InChI=1S/C11H20N2O5/c1-3-6-18-8(2)7-12-11(17)13-9(4-5-14)10(15)16/h3,8-9,14H,1,4-7H2,2H3,(H,15,16)(H2,12,13,17)/t8?,9-/m1/s1. The second kappa shape index (κ2) is 9.43. The molecule has 18 heavy (non-hydrogen) atoms. The molecule has 0 rings (SSSR count). The van der Waals surface area contributed by atoms with E-state index in [1.807, 2.05) is 0 Å². The van der Waals surface area contributed by atoms with Crippen LogP contribution in [-0.4, -0.2) is 54.1 Å². The van der Waals surface area contributed by atoms with E-state index in [9.17, 15) is 9.59 Å². The molecule has 2 amide bonds. The third-order valence-corrected chi connectivity index (χ3v) is 2.07. The highest BCUT2D eigenvalue weighted by molar-refractivity contribution is 5.82. The van der Waals surface area contributed by atoms with Gasteiger partial charge >= 0.3 is 12.0 Å². The van der Waals surface area contributed by atoms with Crippen LogP contribution in [0.2, 0.25) is 0 Å². The molecule has 0 radical (unpaired) electrons. The lowest BCUT2D eigenvalue weighted by atomic mass is 10.2. The number of carbonyl (C=O) groups excluding carboxylic acids is 1. The first-order valence-corrected chi connectivity index (χ1v) is 5.61. The highest BCUT2D eigenvalue weighted by Crippen LogP contribution is 1.92. The molecule has 2 atom stereocenters. The Bertz CT molecular complexity index is 283. The van der Waals surface area contributed by atoms with Crippen LogP contribution in [0, 0.1) is 0 Å². The summed E-state index contributed by atoms with van der Waals surface area (Å²) in [5, 5.41) is 22.1. The van der Waals surface area contributed by atoms with E-state index in [-0.39, 0.29) is 25.7 Å². The van der Waals surface area contributed by atoms with Crippen molar-refractivity contribution in [2.24, 2.45) is 0 Å². The molecule has 4 N–H and O–H groups in total. The van der Waals surface area contributed by atoms with Gasteiger partial charge < -0.3 is 25.6 Å². The van der Waals surface area contributed by atoms with E-state index in [0.29, 0.717) is 6.61 Å². The summed E-state index contributed by atoms with van der Waals surface area (Å²) < 4.78 is 5.22. The van der Waals surface area contributed by atoms with Crippen molar-refractivity contribution in [2.75, 3.05) is 19.8 Å². The zero-order chi connectivity index (χ0) is 14.0. The number of carboxylic acids is 1. The topological polar surface area (TPSA) is 108 Å². The molecule has 7 nitrogen and oxygen atoms in total. The van der Waals surface area contributed by atoms with Crippen LogP contribution in [-0.2, 0) is 9.53 Å². The number of rotatable bonds is 9. The number of aliphatic carboxylic acids is 1. The van der Waals surface area contributed by atoms with Crippen molar-refractivity contribution in [3.05, 3.63) is 12.7 Å². The van der Waals surface area contributed by atoms with E-state index in [1.54, 1.807) is 13.0 Å². The SMILES string of the molecule is C=CCOC(C)CNC(=O)N[C@H](CCO)C(=O)O. The van der Waals surface area contributed by atoms with Crippen LogP contribution in [0.25, 0.3) is 0 Å². The van der Waals surface area contributed by atoms with Gasteiger partial charge in [-0.3, -0.25) is 0 Å². The number of carbonyl (C=O) groups is 2. The Balaban J connectivity index is 3.94. The fraction of sp³-hybridized carbons (Fsp3) is 0.636. The van der Waals surface area contributed by atoms with Gasteiger partial charge in [-0.25, -0.2) is 9.59 Å². The molecule has 0 aromatic carbocycles. The summed E-state index contributed by atoms with van der Waals surface area (Å²) >= 11 is 0. The van der Waals surface area contributed by atoms with Gasteiger partial charge in [-0.15, -0.1) is 6.58 Å². The van der Waals surface area contributed by atoms with E-state index in [2.05, 4.69) is 17.2 Å². The molecule has 0 aliphatic rings. The van der Waals surface area contributed by atoms with Crippen LogP contribution in [0.3, 0.4) is 0 Å². The Morgan fingerprint density at radius 1 is 1.50 bits per heavy atom. The molecule has 104 valence electrons. The highest BCUT2D eigenvalue weighted by Gasteiger charge is 2.19. The van der Waals surface area contributed by atoms with Crippen molar-refractivity contribution in [1.82, 2.24) is 10.6 Å². The van der Waals surface area contributed by atoms with E-state index < -0.39 is 18.0 Å². The molecule has 0 bridgehead atoms. The lowest BCUT2D eigenvalue weighted by molar-refractivity contribution is -0.139. The van der Waals surface area contributed by atoms with Gasteiger partial charge in [0.25, 0.3) is 0 Å². The fourth-order valence-electron chi connectivity index (χ4n) is 1.12. The second-order valence-corrected chi connectivity index (χ2v) is 3.69. The summed E-state index contributed by atoms with van der Waals surface area (Å²) in [6.45, 7) is 5.59. The summed E-state index contributed by atoms with van der Waals surface area (Å²) in [6, 6.07) is -1.70. The lowest BCUT2D eigenvalue weighted by Crippen LogP contribution is -2.48. The monoisotopic (exact) mass is 260 g/mol. The molecule has 0 aromatic rings. The highest BCUT2D eigenvalue weighted by atomic mass is 16.5. The number of carboxylic acid groups (broad SMARTS) is 1. The number of hydrogen-bond donors (Lipinski definition) is 4. The van der Waals surface area contributed by atoms with E-state index in [4.69, 9.17) is 14.9 Å². The molecule has 0 aliphatic carbocycles. The lowest BCUT2D eigenvalue weighted by Gasteiger charge is -2.16. The quantitative estimate of drug-likeness (QED) is 0.426. The number of ether oxygens (including phenoxy) is 1. The number of aliphatic hydroxyl groups is 1. The van der Waals surface area contributed by atoms with Crippen molar-refractivity contribution < 1.29 is 24.5 Å².